The summed E-state index contributed by atoms with van der Waals surface area (Å²) in [7, 11) is 0. The van der Waals surface area contributed by atoms with Crippen LogP contribution in [0.3, 0.4) is 0 Å². The summed E-state index contributed by atoms with van der Waals surface area (Å²) in [6, 6.07) is 12.0. The summed E-state index contributed by atoms with van der Waals surface area (Å²) in [6.07, 6.45) is 1.77. The van der Waals surface area contributed by atoms with E-state index in [1.807, 2.05) is 46.8 Å². The number of carbonyl (C=O) groups is 1. The van der Waals surface area contributed by atoms with Crippen molar-refractivity contribution >= 4 is 5.91 Å². The van der Waals surface area contributed by atoms with Crippen molar-refractivity contribution in [3.05, 3.63) is 53.7 Å². The zero-order valence-electron chi connectivity index (χ0n) is 15.6. The summed E-state index contributed by atoms with van der Waals surface area (Å²) < 4.78 is 7.34. The highest BCUT2D eigenvalue weighted by atomic mass is 16.5. The number of rotatable bonds is 5. The van der Waals surface area contributed by atoms with Gasteiger partial charge in [0.05, 0.1) is 11.7 Å². The minimum Gasteiger partial charge on any atom is -0.340 e. The van der Waals surface area contributed by atoms with Gasteiger partial charge in [0.15, 0.2) is 0 Å². The molecule has 27 heavy (non-hydrogen) atoms. The van der Waals surface area contributed by atoms with E-state index in [1.54, 1.807) is 0 Å². The molecular formula is C20H23N5O2. The number of likely N-dealkylation sites (tertiary alicyclic amines) is 1. The van der Waals surface area contributed by atoms with Gasteiger partial charge in [-0.2, -0.15) is 10.1 Å². The fraction of sp³-hybridized carbons (Fsp3) is 0.400. The Hall–Kier alpha value is -2.96. The van der Waals surface area contributed by atoms with E-state index in [-0.39, 0.29) is 11.9 Å². The lowest BCUT2D eigenvalue weighted by molar-refractivity contribution is -0.130. The van der Waals surface area contributed by atoms with Crippen LogP contribution in [-0.4, -0.2) is 43.8 Å². The SMILES string of the molecule is Cc1cc(C)n([C@H]2CCN(C(=O)CCc3nc(-c4ccccc4)no3)C2)n1. The van der Waals surface area contributed by atoms with Crippen molar-refractivity contribution in [1.82, 2.24) is 24.8 Å². The quantitative estimate of drug-likeness (QED) is 0.695. The van der Waals surface area contributed by atoms with Crippen LogP contribution in [-0.2, 0) is 11.2 Å². The van der Waals surface area contributed by atoms with E-state index in [1.165, 1.54) is 0 Å². The Morgan fingerprint density at radius 2 is 2.07 bits per heavy atom. The monoisotopic (exact) mass is 365 g/mol. The molecule has 1 aliphatic heterocycles. The second-order valence-electron chi connectivity index (χ2n) is 7.03. The molecule has 2 aromatic heterocycles. The predicted molar refractivity (Wildman–Crippen MR) is 100.0 cm³/mol. The van der Waals surface area contributed by atoms with Crippen LogP contribution in [0.25, 0.3) is 11.4 Å². The van der Waals surface area contributed by atoms with Gasteiger partial charge in [0.1, 0.15) is 0 Å². The van der Waals surface area contributed by atoms with E-state index >= 15 is 0 Å². The maximum atomic E-state index is 12.6. The number of benzene rings is 1. The van der Waals surface area contributed by atoms with Crippen molar-refractivity contribution in [1.29, 1.82) is 0 Å². The Balaban J connectivity index is 1.33. The van der Waals surface area contributed by atoms with Crippen LogP contribution in [0.2, 0.25) is 0 Å². The first-order valence-corrected chi connectivity index (χ1v) is 9.28. The van der Waals surface area contributed by atoms with Gasteiger partial charge in [-0.25, -0.2) is 0 Å². The molecule has 0 N–H and O–H groups in total. The Bertz CT molecular complexity index is 931. The van der Waals surface area contributed by atoms with Gasteiger partial charge in [-0.1, -0.05) is 35.5 Å². The third-order valence-corrected chi connectivity index (χ3v) is 4.96. The molecule has 0 saturated carbocycles. The topological polar surface area (TPSA) is 77.0 Å². The molecule has 3 aromatic rings. The summed E-state index contributed by atoms with van der Waals surface area (Å²) in [5.41, 5.74) is 3.07. The molecule has 7 heteroatoms. The first-order valence-electron chi connectivity index (χ1n) is 9.28. The average Bonchev–Trinajstić information content (AvgIpc) is 3.40. The summed E-state index contributed by atoms with van der Waals surface area (Å²) >= 11 is 0. The number of aromatic nitrogens is 4. The zero-order valence-corrected chi connectivity index (χ0v) is 15.6. The van der Waals surface area contributed by atoms with Gasteiger partial charge in [0.25, 0.3) is 0 Å². The largest absolute Gasteiger partial charge is 0.340 e. The van der Waals surface area contributed by atoms with Crippen molar-refractivity contribution in [3.8, 4) is 11.4 Å². The molecule has 7 nitrogen and oxygen atoms in total. The van der Waals surface area contributed by atoms with Crippen molar-refractivity contribution < 1.29 is 9.32 Å². The molecule has 1 fully saturated rings. The number of nitrogens with zero attached hydrogens (tertiary/aromatic N) is 5. The molecule has 4 rings (SSSR count). The van der Waals surface area contributed by atoms with Crippen LogP contribution in [0.1, 0.15) is 36.2 Å². The Labute approximate surface area is 158 Å². The predicted octanol–water partition coefficient (Wildman–Crippen LogP) is 2.96. The van der Waals surface area contributed by atoms with Crippen molar-refractivity contribution in [2.24, 2.45) is 0 Å². The minimum atomic E-state index is 0.124. The fourth-order valence-corrected chi connectivity index (χ4v) is 3.62. The highest BCUT2D eigenvalue weighted by Crippen LogP contribution is 2.24. The summed E-state index contributed by atoms with van der Waals surface area (Å²) in [4.78, 5) is 18.9. The molecule has 0 aliphatic carbocycles. The molecule has 1 aliphatic rings. The second-order valence-corrected chi connectivity index (χ2v) is 7.03. The van der Waals surface area contributed by atoms with Crippen molar-refractivity contribution in [2.75, 3.05) is 13.1 Å². The zero-order chi connectivity index (χ0) is 18.8. The highest BCUT2D eigenvalue weighted by Gasteiger charge is 2.28. The fourth-order valence-electron chi connectivity index (χ4n) is 3.62. The lowest BCUT2D eigenvalue weighted by Crippen LogP contribution is -2.29. The van der Waals surface area contributed by atoms with Gasteiger partial charge in [-0.15, -0.1) is 0 Å². The maximum absolute atomic E-state index is 12.6. The summed E-state index contributed by atoms with van der Waals surface area (Å²) in [5, 5.41) is 8.56. The number of amides is 1. The van der Waals surface area contributed by atoms with Crippen LogP contribution in [0.15, 0.2) is 40.9 Å². The second kappa shape index (κ2) is 7.34. The van der Waals surface area contributed by atoms with E-state index in [2.05, 4.69) is 28.2 Å². The Morgan fingerprint density at radius 1 is 1.26 bits per heavy atom. The molecule has 0 spiro atoms. The normalized spacial score (nSPS) is 16.8. The molecule has 0 radical (unpaired) electrons. The lowest BCUT2D eigenvalue weighted by Gasteiger charge is -2.17. The maximum Gasteiger partial charge on any atom is 0.227 e. The summed E-state index contributed by atoms with van der Waals surface area (Å²) in [6.45, 7) is 5.53. The Kier molecular flexibility index (Phi) is 4.75. The van der Waals surface area contributed by atoms with Crippen molar-refractivity contribution in [2.45, 2.75) is 39.2 Å². The smallest absolute Gasteiger partial charge is 0.227 e. The van der Waals surface area contributed by atoms with Crippen LogP contribution in [0.5, 0.6) is 0 Å². The third-order valence-electron chi connectivity index (χ3n) is 4.96. The van der Waals surface area contributed by atoms with Gasteiger partial charge in [-0.3, -0.25) is 9.48 Å². The molecule has 1 saturated heterocycles. The minimum absolute atomic E-state index is 0.124. The Morgan fingerprint density at radius 3 is 2.81 bits per heavy atom. The molecule has 1 atom stereocenters. The molecular weight excluding hydrogens is 342 g/mol. The van der Waals surface area contributed by atoms with E-state index in [4.69, 9.17) is 4.52 Å². The lowest BCUT2D eigenvalue weighted by atomic mass is 10.2. The average molecular weight is 365 g/mol. The van der Waals surface area contributed by atoms with Gasteiger partial charge in [0.2, 0.25) is 17.6 Å². The first kappa shape index (κ1) is 17.5. The van der Waals surface area contributed by atoms with Gasteiger partial charge in [-0.05, 0) is 26.3 Å². The van der Waals surface area contributed by atoms with E-state index in [0.717, 1.165) is 29.9 Å². The van der Waals surface area contributed by atoms with E-state index in [9.17, 15) is 4.79 Å². The number of carbonyl (C=O) groups excluding carboxylic acids is 1. The van der Waals surface area contributed by atoms with Crippen LogP contribution >= 0.6 is 0 Å². The highest BCUT2D eigenvalue weighted by molar-refractivity contribution is 5.76. The van der Waals surface area contributed by atoms with Crippen LogP contribution < -0.4 is 0 Å². The van der Waals surface area contributed by atoms with Crippen LogP contribution in [0.4, 0.5) is 0 Å². The van der Waals surface area contributed by atoms with E-state index in [0.29, 0.717) is 31.1 Å². The molecule has 140 valence electrons. The summed E-state index contributed by atoms with van der Waals surface area (Å²) in [5.74, 6) is 1.18. The molecule has 1 amide bonds. The molecule has 3 heterocycles. The molecule has 0 unspecified atom stereocenters. The van der Waals surface area contributed by atoms with Gasteiger partial charge >= 0.3 is 0 Å². The van der Waals surface area contributed by atoms with Gasteiger partial charge < -0.3 is 9.42 Å². The number of hydrogen-bond acceptors (Lipinski definition) is 5. The standard InChI is InChI=1S/C20H23N5O2/c1-14-12-15(2)25(22-14)17-10-11-24(13-17)19(26)9-8-18-21-20(23-27-18)16-6-4-3-5-7-16/h3-7,12,17H,8-11,13H2,1-2H3/t17-/m0/s1. The van der Waals surface area contributed by atoms with E-state index < -0.39 is 0 Å². The first-order chi connectivity index (χ1) is 13.1. The number of hydrogen-bond donors (Lipinski definition) is 0. The molecule has 0 bridgehead atoms. The number of aryl methyl sites for hydroxylation is 3. The van der Waals surface area contributed by atoms with Crippen molar-refractivity contribution in [3.63, 3.8) is 0 Å². The van der Waals surface area contributed by atoms with Gasteiger partial charge in [0, 0.05) is 37.2 Å². The van der Waals surface area contributed by atoms with Crippen LogP contribution in [0, 0.1) is 13.8 Å². The molecule has 1 aromatic carbocycles. The third kappa shape index (κ3) is 3.77.